The van der Waals surface area contributed by atoms with Gasteiger partial charge in [-0.15, -0.1) is 0 Å². The van der Waals surface area contributed by atoms with Crippen molar-refractivity contribution < 1.29 is 49.7 Å². The van der Waals surface area contributed by atoms with Gasteiger partial charge in [0, 0.05) is 10.3 Å². The minimum absolute atomic E-state index is 0.0309. The lowest BCUT2D eigenvalue weighted by atomic mass is 9.88. The molecule has 0 aliphatic rings. The second-order valence-electron chi connectivity index (χ2n) is 5.24. The van der Waals surface area contributed by atoms with Gasteiger partial charge in [-0.1, -0.05) is 22.6 Å². The summed E-state index contributed by atoms with van der Waals surface area (Å²) in [6.07, 6.45) is -21.9. The summed E-state index contributed by atoms with van der Waals surface area (Å²) in [5.41, 5.74) is -5.11. The van der Waals surface area contributed by atoms with E-state index in [1.807, 2.05) is 0 Å². The molecule has 3 unspecified atom stereocenters. The Hall–Kier alpha value is -0.830. The molecular weight excluding hydrogens is 500 g/mol. The van der Waals surface area contributed by atoms with E-state index in [0.29, 0.717) is 0 Å². The van der Waals surface area contributed by atoms with Crippen LogP contribution in [0.3, 0.4) is 0 Å². The summed E-state index contributed by atoms with van der Waals surface area (Å²) in [6, 6.07) is 0.0619. The number of aliphatic hydroxyl groups is 2. The highest BCUT2D eigenvalue weighted by Gasteiger charge is 2.47. The van der Waals surface area contributed by atoms with E-state index in [1.165, 1.54) is 0 Å². The molecule has 0 aliphatic heterocycles. The Kier molecular flexibility index (Phi) is 7.18. The van der Waals surface area contributed by atoms with E-state index in [2.05, 4.69) is 4.98 Å². The molecule has 1 aromatic rings. The first-order chi connectivity index (χ1) is 11.6. The van der Waals surface area contributed by atoms with Crippen molar-refractivity contribution in [3.8, 4) is 0 Å². The summed E-state index contributed by atoms with van der Waals surface area (Å²) < 4.78 is 115. The molecule has 0 radical (unpaired) electrons. The summed E-state index contributed by atoms with van der Waals surface area (Å²) in [5, 5.41) is 19.3. The molecule has 0 aliphatic carbocycles. The standard InChI is InChI=1S/C13H11F9INO2/c14-11(15,16)7-3-5(4-8(24-7)12(17,18)19)9(25)6(1-2-23)10(26)13(20,21)22/h3-4,6,9-10,25-26H,1-2H2. The van der Waals surface area contributed by atoms with Crippen LogP contribution >= 0.6 is 22.6 Å². The fourth-order valence-corrected chi connectivity index (χ4v) is 2.84. The molecule has 26 heavy (non-hydrogen) atoms. The average Bonchev–Trinajstić information content (AvgIpc) is 2.48. The van der Waals surface area contributed by atoms with Crippen molar-refractivity contribution in [2.75, 3.05) is 4.43 Å². The zero-order valence-electron chi connectivity index (χ0n) is 12.4. The Bertz CT molecular complexity index is 583. The summed E-state index contributed by atoms with van der Waals surface area (Å²) in [4.78, 5) is 2.41. The Morgan fingerprint density at radius 1 is 0.885 bits per heavy atom. The minimum atomic E-state index is -5.32. The Balaban J connectivity index is 3.46. The molecular formula is C13H11F9INO2. The number of rotatable bonds is 5. The maximum absolute atomic E-state index is 12.8. The van der Waals surface area contributed by atoms with Crippen molar-refractivity contribution >= 4 is 22.6 Å². The highest BCUT2D eigenvalue weighted by Crippen LogP contribution is 2.39. The average molecular weight is 511 g/mol. The molecule has 0 saturated heterocycles. The number of aliphatic hydroxyl groups excluding tert-OH is 2. The molecule has 1 rings (SSSR count). The lowest BCUT2D eigenvalue weighted by Gasteiger charge is -2.29. The molecule has 1 aromatic heterocycles. The van der Waals surface area contributed by atoms with Crippen LogP contribution in [0, 0.1) is 5.92 Å². The quantitative estimate of drug-likeness (QED) is 0.348. The van der Waals surface area contributed by atoms with Crippen LogP contribution in [0.2, 0.25) is 0 Å². The molecule has 3 nitrogen and oxygen atoms in total. The predicted octanol–water partition coefficient (Wildman–Crippen LogP) is 4.52. The van der Waals surface area contributed by atoms with E-state index in [9.17, 15) is 49.7 Å². The number of alkyl halides is 10. The number of hydrogen-bond donors (Lipinski definition) is 2. The maximum Gasteiger partial charge on any atom is 0.433 e. The monoisotopic (exact) mass is 511 g/mol. The summed E-state index contributed by atoms with van der Waals surface area (Å²) in [6.45, 7) is 0. The van der Waals surface area contributed by atoms with Crippen LogP contribution < -0.4 is 0 Å². The normalized spacial score (nSPS) is 17.1. The van der Waals surface area contributed by atoms with Gasteiger partial charge in [0.15, 0.2) is 6.10 Å². The Morgan fingerprint density at radius 2 is 1.31 bits per heavy atom. The zero-order valence-corrected chi connectivity index (χ0v) is 14.6. The molecule has 13 heteroatoms. The molecule has 0 spiro atoms. The summed E-state index contributed by atoms with van der Waals surface area (Å²) in [5.74, 6) is -2.06. The molecule has 0 bridgehead atoms. The first-order valence-corrected chi connectivity index (χ1v) is 8.26. The molecule has 1 heterocycles. The van der Waals surface area contributed by atoms with E-state index in [4.69, 9.17) is 0 Å². The van der Waals surface area contributed by atoms with Gasteiger partial charge in [-0.25, -0.2) is 4.98 Å². The van der Waals surface area contributed by atoms with Crippen LogP contribution in [-0.4, -0.2) is 31.9 Å². The summed E-state index contributed by atoms with van der Waals surface area (Å²) in [7, 11) is 0. The van der Waals surface area contributed by atoms with Crippen LogP contribution in [0.4, 0.5) is 39.5 Å². The number of halogens is 10. The van der Waals surface area contributed by atoms with Crippen LogP contribution in [-0.2, 0) is 12.4 Å². The van der Waals surface area contributed by atoms with Crippen LogP contribution in [0.5, 0.6) is 0 Å². The van der Waals surface area contributed by atoms with Gasteiger partial charge in [-0.3, -0.25) is 0 Å². The van der Waals surface area contributed by atoms with E-state index in [0.717, 1.165) is 0 Å². The van der Waals surface area contributed by atoms with Crippen molar-refractivity contribution in [1.29, 1.82) is 0 Å². The second kappa shape index (κ2) is 8.04. The van der Waals surface area contributed by atoms with Crippen LogP contribution in [0.25, 0.3) is 0 Å². The van der Waals surface area contributed by atoms with Gasteiger partial charge in [-0.05, 0) is 24.1 Å². The van der Waals surface area contributed by atoms with Crippen molar-refractivity contribution in [1.82, 2.24) is 4.98 Å². The van der Waals surface area contributed by atoms with E-state index < -0.39 is 60.0 Å². The van der Waals surface area contributed by atoms with Crippen LogP contribution in [0.1, 0.15) is 29.5 Å². The first-order valence-electron chi connectivity index (χ1n) is 6.74. The van der Waals surface area contributed by atoms with Gasteiger partial charge in [-0.2, -0.15) is 39.5 Å². The molecule has 0 aromatic carbocycles. The summed E-state index contributed by atoms with van der Waals surface area (Å²) >= 11 is 1.59. The Morgan fingerprint density at radius 3 is 1.62 bits per heavy atom. The Labute approximate surface area is 154 Å². The predicted molar refractivity (Wildman–Crippen MR) is 78.3 cm³/mol. The van der Waals surface area contributed by atoms with Crippen molar-refractivity contribution in [2.24, 2.45) is 5.92 Å². The van der Waals surface area contributed by atoms with E-state index >= 15 is 0 Å². The number of hydrogen-bond acceptors (Lipinski definition) is 3. The zero-order chi connectivity index (χ0) is 20.5. The maximum atomic E-state index is 12.8. The van der Waals surface area contributed by atoms with E-state index in [-0.39, 0.29) is 16.6 Å². The third-order valence-electron chi connectivity index (χ3n) is 3.36. The lowest BCUT2D eigenvalue weighted by Crippen LogP contribution is -2.39. The third-order valence-corrected chi connectivity index (χ3v) is 3.98. The molecule has 3 atom stereocenters. The molecule has 0 amide bonds. The van der Waals surface area contributed by atoms with Gasteiger partial charge in [0.2, 0.25) is 0 Å². The highest BCUT2D eigenvalue weighted by molar-refractivity contribution is 14.1. The third kappa shape index (κ3) is 5.84. The molecule has 0 saturated carbocycles. The van der Waals surface area contributed by atoms with Gasteiger partial charge < -0.3 is 10.2 Å². The van der Waals surface area contributed by atoms with E-state index in [1.54, 1.807) is 22.6 Å². The van der Waals surface area contributed by atoms with Crippen molar-refractivity contribution in [2.45, 2.75) is 37.2 Å². The number of aromatic nitrogens is 1. The SMILES string of the molecule is OC(c1cc(C(F)(F)F)nc(C(F)(F)F)c1)C(CCI)C(O)C(F)(F)F. The smallest absolute Gasteiger partial charge is 0.388 e. The highest BCUT2D eigenvalue weighted by atomic mass is 127. The van der Waals surface area contributed by atoms with Crippen LogP contribution in [0.15, 0.2) is 12.1 Å². The largest absolute Gasteiger partial charge is 0.433 e. The van der Waals surface area contributed by atoms with Gasteiger partial charge >= 0.3 is 18.5 Å². The lowest BCUT2D eigenvalue weighted by molar-refractivity contribution is -0.229. The molecule has 2 N–H and O–H groups in total. The van der Waals surface area contributed by atoms with Crippen molar-refractivity contribution in [3.05, 3.63) is 29.1 Å². The van der Waals surface area contributed by atoms with Gasteiger partial charge in [0.05, 0.1) is 6.10 Å². The van der Waals surface area contributed by atoms with Gasteiger partial charge in [0.1, 0.15) is 11.4 Å². The molecule has 0 fully saturated rings. The minimum Gasteiger partial charge on any atom is -0.388 e. The fourth-order valence-electron chi connectivity index (χ4n) is 2.12. The second-order valence-corrected chi connectivity index (χ2v) is 6.32. The number of pyridine rings is 1. The van der Waals surface area contributed by atoms with Crippen molar-refractivity contribution in [3.63, 3.8) is 0 Å². The first kappa shape index (κ1) is 23.2. The fraction of sp³-hybridized carbons (Fsp3) is 0.615. The topological polar surface area (TPSA) is 53.4 Å². The molecule has 150 valence electrons. The van der Waals surface area contributed by atoms with Gasteiger partial charge in [0.25, 0.3) is 0 Å². The number of nitrogens with zero attached hydrogens (tertiary/aromatic N) is 1.